The molecule has 1 aromatic carbocycles. The molecule has 0 unspecified atom stereocenters. The third-order valence-corrected chi connectivity index (χ3v) is 4.35. The van der Waals surface area contributed by atoms with E-state index >= 15 is 0 Å². The second-order valence-electron chi connectivity index (χ2n) is 2.28. The molecule has 0 aliphatic heterocycles. The summed E-state index contributed by atoms with van der Waals surface area (Å²) in [6.45, 7) is 0. The molecule has 1 aromatic rings. The summed E-state index contributed by atoms with van der Waals surface area (Å²) in [6.07, 6.45) is 0. The summed E-state index contributed by atoms with van der Waals surface area (Å²) in [5.74, 6) is -0.441. The van der Waals surface area contributed by atoms with Gasteiger partial charge in [0.15, 0.2) is 0 Å². The van der Waals surface area contributed by atoms with Gasteiger partial charge < -0.3 is 0 Å². The van der Waals surface area contributed by atoms with E-state index in [0.717, 1.165) is 8.93 Å². The van der Waals surface area contributed by atoms with E-state index in [0.29, 0.717) is 5.56 Å². The van der Waals surface area contributed by atoms with Crippen LogP contribution in [0, 0.1) is 0 Å². The van der Waals surface area contributed by atoms with Crippen molar-refractivity contribution >= 4 is 41.3 Å². The van der Waals surface area contributed by atoms with Crippen LogP contribution < -0.4 is 10.2 Å². The van der Waals surface area contributed by atoms with Crippen LogP contribution in [0.15, 0.2) is 22.7 Å². The number of benzene rings is 1. The van der Waals surface area contributed by atoms with E-state index in [9.17, 15) is 4.79 Å². The number of primary amides is 1. The molecule has 0 aliphatic rings. The predicted octanol–water partition coefficient (Wildman–Crippen LogP) is -0.173. The first-order valence-corrected chi connectivity index (χ1v) is 6.34. The molecule has 0 aliphatic carbocycles. The average molecular weight is 309 g/mol. The molecule has 1 amide bonds. The molecule has 0 fully saturated rings. The minimum absolute atomic E-state index is 0.0367. The summed E-state index contributed by atoms with van der Waals surface area (Å²) < 4.78 is 1.86. The van der Waals surface area contributed by atoms with E-state index in [1.165, 1.54) is 0 Å². The zero-order valence-electron chi connectivity index (χ0n) is 6.66. The molecular weight excluding hydrogens is 301 g/mol. The molecule has 0 saturated heterocycles. The van der Waals surface area contributed by atoms with E-state index in [4.69, 9.17) is 10.8 Å². The number of halogens is 1. The fourth-order valence-corrected chi connectivity index (χ4v) is 2.86. The molecule has 0 atom stereocenters. The predicted molar refractivity (Wildman–Crippen MR) is 55.1 cm³/mol. The van der Waals surface area contributed by atoms with Crippen LogP contribution in [0.4, 0.5) is 0 Å². The van der Waals surface area contributed by atoms with Gasteiger partial charge in [0, 0.05) is 0 Å². The third kappa shape index (κ3) is 2.81. The second kappa shape index (κ2) is 4.77. The van der Waals surface area contributed by atoms with Gasteiger partial charge in [-0.15, -0.1) is 0 Å². The van der Waals surface area contributed by atoms with E-state index in [-0.39, 0.29) is 20.5 Å². The molecule has 13 heavy (non-hydrogen) atoms. The Kier molecular flexibility index (Phi) is 3.93. The van der Waals surface area contributed by atoms with Gasteiger partial charge in [-0.1, -0.05) is 0 Å². The Morgan fingerprint density at radius 1 is 1.62 bits per heavy atom. The number of carbonyl (C=O) groups excluding carboxylic acids is 1. The SMILES string of the molecule is NC(=O)c1ccc([Se]CO)c(Br)c1. The Morgan fingerprint density at radius 3 is 2.77 bits per heavy atom. The fourth-order valence-electron chi connectivity index (χ4n) is 0.841. The van der Waals surface area contributed by atoms with Gasteiger partial charge in [-0.2, -0.15) is 0 Å². The van der Waals surface area contributed by atoms with E-state index in [2.05, 4.69) is 15.9 Å². The zero-order chi connectivity index (χ0) is 9.84. The van der Waals surface area contributed by atoms with Crippen LogP contribution in [0.1, 0.15) is 10.4 Å². The number of aliphatic hydroxyl groups is 1. The average Bonchev–Trinajstić information content (AvgIpc) is 2.08. The van der Waals surface area contributed by atoms with Gasteiger partial charge in [0.2, 0.25) is 0 Å². The summed E-state index contributed by atoms with van der Waals surface area (Å²) >= 11 is 3.35. The van der Waals surface area contributed by atoms with E-state index in [1.807, 2.05) is 0 Å². The number of aliphatic hydroxyl groups excluding tert-OH is 1. The maximum absolute atomic E-state index is 10.8. The van der Waals surface area contributed by atoms with Gasteiger partial charge in [-0.3, -0.25) is 0 Å². The summed E-state index contributed by atoms with van der Waals surface area (Å²) in [6, 6.07) is 5.15. The molecule has 0 bridgehead atoms. The first-order valence-electron chi connectivity index (χ1n) is 3.48. The Labute approximate surface area is 90.6 Å². The summed E-state index contributed by atoms with van der Waals surface area (Å²) in [5.41, 5.74) is 5.73. The van der Waals surface area contributed by atoms with Crippen molar-refractivity contribution in [2.75, 3.05) is 5.51 Å². The van der Waals surface area contributed by atoms with Crippen molar-refractivity contribution in [1.82, 2.24) is 0 Å². The Bertz CT molecular complexity index is 330. The van der Waals surface area contributed by atoms with Crippen molar-refractivity contribution < 1.29 is 9.90 Å². The van der Waals surface area contributed by atoms with Crippen molar-refractivity contribution in [3.63, 3.8) is 0 Å². The molecule has 0 radical (unpaired) electrons. The zero-order valence-corrected chi connectivity index (χ0v) is 9.96. The van der Waals surface area contributed by atoms with Crippen LogP contribution in [-0.4, -0.2) is 31.5 Å². The number of hydrogen-bond acceptors (Lipinski definition) is 2. The summed E-state index contributed by atoms with van der Waals surface area (Å²) in [5, 5.41) is 8.74. The molecular formula is C8H8BrNO2Se. The van der Waals surface area contributed by atoms with E-state index < -0.39 is 5.91 Å². The molecule has 0 saturated carbocycles. The van der Waals surface area contributed by atoms with Crippen LogP contribution in [0.5, 0.6) is 0 Å². The molecule has 0 aromatic heterocycles. The molecule has 3 N–H and O–H groups in total. The molecule has 0 heterocycles. The molecule has 70 valence electrons. The molecule has 3 nitrogen and oxygen atoms in total. The normalized spacial score (nSPS) is 10.0. The first-order chi connectivity index (χ1) is 6.15. The molecule has 0 spiro atoms. The van der Waals surface area contributed by atoms with E-state index in [1.54, 1.807) is 18.2 Å². The number of nitrogens with two attached hydrogens (primary N) is 1. The Hall–Kier alpha value is -0.351. The van der Waals surface area contributed by atoms with Gasteiger partial charge in [-0.05, 0) is 0 Å². The van der Waals surface area contributed by atoms with Gasteiger partial charge in [0.1, 0.15) is 0 Å². The van der Waals surface area contributed by atoms with Crippen molar-refractivity contribution in [3.8, 4) is 0 Å². The molecule has 1 rings (SSSR count). The van der Waals surface area contributed by atoms with Crippen molar-refractivity contribution in [1.29, 1.82) is 0 Å². The minimum atomic E-state index is -0.441. The third-order valence-electron chi connectivity index (χ3n) is 1.44. The Morgan fingerprint density at radius 2 is 2.31 bits per heavy atom. The summed E-state index contributed by atoms with van der Waals surface area (Å²) in [7, 11) is 0. The fraction of sp³-hybridized carbons (Fsp3) is 0.125. The standard InChI is InChI=1S/C8H8BrNO2Se/c9-6-3-5(8(10)12)1-2-7(6)13-4-11/h1-3,11H,4H2,(H2,10,12). The maximum atomic E-state index is 10.8. The number of carbonyl (C=O) groups is 1. The topological polar surface area (TPSA) is 63.3 Å². The Balaban J connectivity index is 2.98. The van der Waals surface area contributed by atoms with Crippen LogP contribution in [0.25, 0.3) is 0 Å². The second-order valence-corrected chi connectivity index (χ2v) is 5.21. The van der Waals surface area contributed by atoms with Crippen molar-refractivity contribution in [2.45, 2.75) is 0 Å². The van der Waals surface area contributed by atoms with Gasteiger partial charge >= 0.3 is 90.6 Å². The van der Waals surface area contributed by atoms with Crippen LogP contribution >= 0.6 is 15.9 Å². The van der Waals surface area contributed by atoms with Gasteiger partial charge in [0.25, 0.3) is 0 Å². The number of hydrogen-bond donors (Lipinski definition) is 2. The number of rotatable bonds is 3. The first kappa shape index (κ1) is 10.7. The van der Waals surface area contributed by atoms with Crippen molar-refractivity contribution in [3.05, 3.63) is 28.2 Å². The van der Waals surface area contributed by atoms with Crippen LogP contribution in [0.3, 0.4) is 0 Å². The van der Waals surface area contributed by atoms with Crippen LogP contribution in [-0.2, 0) is 0 Å². The number of amides is 1. The van der Waals surface area contributed by atoms with Gasteiger partial charge in [0.05, 0.1) is 0 Å². The van der Waals surface area contributed by atoms with Gasteiger partial charge in [-0.25, -0.2) is 0 Å². The van der Waals surface area contributed by atoms with Crippen molar-refractivity contribution in [2.24, 2.45) is 5.73 Å². The monoisotopic (exact) mass is 309 g/mol. The summed E-state index contributed by atoms with van der Waals surface area (Å²) in [4.78, 5) is 10.8. The van der Waals surface area contributed by atoms with Crippen LogP contribution in [0.2, 0.25) is 0 Å². The molecule has 5 heteroatoms. The quantitative estimate of drug-likeness (QED) is 0.762.